The molecule has 134 valence electrons. The predicted octanol–water partition coefficient (Wildman–Crippen LogP) is 1.78. The molecular weight excluding hydrogens is 326 g/mol. The second-order valence-electron chi connectivity index (χ2n) is 6.99. The molecule has 6 heteroatoms. The highest BCUT2D eigenvalue weighted by Crippen LogP contribution is 2.15. The molecule has 0 bridgehead atoms. The first kappa shape index (κ1) is 16.9. The molecule has 0 radical (unpaired) electrons. The first-order valence-electron chi connectivity index (χ1n) is 9.00. The van der Waals surface area contributed by atoms with Crippen LogP contribution in [-0.2, 0) is 6.54 Å². The molecule has 26 heavy (non-hydrogen) atoms. The number of likely N-dealkylation sites (N-methyl/N-ethyl adjacent to an activating group) is 1. The Bertz CT molecular complexity index is 940. The van der Waals surface area contributed by atoms with Crippen molar-refractivity contribution in [2.45, 2.75) is 12.6 Å². The molecule has 2 heterocycles. The summed E-state index contributed by atoms with van der Waals surface area (Å²) in [6.07, 6.45) is 0. The summed E-state index contributed by atoms with van der Waals surface area (Å²) >= 11 is 0. The molecule has 6 nitrogen and oxygen atoms in total. The Morgan fingerprint density at radius 1 is 1.00 bits per heavy atom. The van der Waals surface area contributed by atoms with Crippen molar-refractivity contribution < 1.29 is 0 Å². The van der Waals surface area contributed by atoms with Gasteiger partial charge < -0.3 is 4.90 Å². The van der Waals surface area contributed by atoms with Gasteiger partial charge in [-0.05, 0) is 24.7 Å². The zero-order valence-electron chi connectivity index (χ0n) is 15.0. The van der Waals surface area contributed by atoms with Gasteiger partial charge in [-0.1, -0.05) is 47.7 Å². The average molecular weight is 349 g/mol. The van der Waals surface area contributed by atoms with Gasteiger partial charge in [0.1, 0.15) is 5.52 Å². The van der Waals surface area contributed by atoms with Gasteiger partial charge in [-0.25, -0.2) is 4.68 Å². The molecule has 0 saturated carbocycles. The van der Waals surface area contributed by atoms with Gasteiger partial charge in [0.05, 0.1) is 11.4 Å². The lowest BCUT2D eigenvalue weighted by atomic mass is 10.2. The van der Waals surface area contributed by atoms with Crippen LogP contribution in [0.5, 0.6) is 0 Å². The lowest BCUT2D eigenvalue weighted by Gasteiger charge is -2.24. The van der Waals surface area contributed by atoms with Gasteiger partial charge in [0.25, 0.3) is 5.56 Å². The van der Waals surface area contributed by atoms with Crippen LogP contribution in [0.25, 0.3) is 10.9 Å². The van der Waals surface area contributed by atoms with Crippen LogP contribution in [0, 0.1) is 0 Å². The van der Waals surface area contributed by atoms with Crippen molar-refractivity contribution in [1.29, 1.82) is 0 Å². The van der Waals surface area contributed by atoms with Crippen molar-refractivity contribution in [1.82, 2.24) is 24.8 Å². The third kappa shape index (κ3) is 3.52. The standard InChI is InChI=1S/C20H23N5O/c1-23-11-12-24(13-16-7-3-2-4-8-16)15-17(14-23)25-20(26)18-9-5-6-10-19(18)21-22-25/h2-10,17H,11-15H2,1H3. The molecule has 3 aromatic rings. The molecule has 1 fully saturated rings. The van der Waals surface area contributed by atoms with Crippen LogP contribution < -0.4 is 5.56 Å². The van der Waals surface area contributed by atoms with E-state index in [1.165, 1.54) is 5.56 Å². The number of hydrogen-bond donors (Lipinski definition) is 0. The van der Waals surface area contributed by atoms with Crippen LogP contribution in [0.2, 0.25) is 0 Å². The third-order valence-corrected chi connectivity index (χ3v) is 4.98. The smallest absolute Gasteiger partial charge is 0.277 e. The number of nitrogens with zero attached hydrogens (tertiary/aromatic N) is 5. The SMILES string of the molecule is CN1CCN(Cc2ccccc2)CC(n2nnc3ccccc3c2=O)C1. The van der Waals surface area contributed by atoms with Crippen LogP contribution in [0.1, 0.15) is 11.6 Å². The van der Waals surface area contributed by atoms with Crippen LogP contribution in [0.3, 0.4) is 0 Å². The molecule has 1 aromatic heterocycles. The van der Waals surface area contributed by atoms with E-state index in [9.17, 15) is 4.79 Å². The average Bonchev–Trinajstić information content (AvgIpc) is 2.84. The quantitative estimate of drug-likeness (QED) is 0.721. The summed E-state index contributed by atoms with van der Waals surface area (Å²) in [6.45, 7) is 4.39. The van der Waals surface area contributed by atoms with Crippen molar-refractivity contribution in [2.24, 2.45) is 0 Å². The molecule has 1 unspecified atom stereocenters. The molecule has 4 rings (SSSR count). The zero-order chi connectivity index (χ0) is 17.9. The van der Waals surface area contributed by atoms with Crippen LogP contribution in [0.15, 0.2) is 59.4 Å². The number of rotatable bonds is 3. The maximum Gasteiger partial charge on any atom is 0.277 e. The van der Waals surface area contributed by atoms with Crippen LogP contribution >= 0.6 is 0 Å². The van der Waals surface area contributed by atoms with E-state index in [0.29, 0.717) is 10.9 Å². The molecule has 2 aromatic carbocycles. The van der Waals surface area contributed by atoms with Crippen molar-refractivity contribution >= 4 is 10.9 Å². The number of hydrogen-bond acceptors (Lipinski definition) is 5. The molecule has 0 aliphatic carbocycles. The minimum atomic E-state index is -0.0597. The Labute approximate surface area is 152 Å². The van der Waals surface area contributed by atoms with Crippen molar-refractivity contribution in [3.8, 4) is 0 Å². The molecule has 0 spiro atoms. The van der Waals surface area contributed by atoms with Crippen LogP contribution in [0.4, 0.5) is 0 Å². The fraction of sp³-hybridized carbons (Fsp3) is 0.350. The monoisotopic (exact) mass is 349 g/mol. The second-order valence-corrected chi connectivity index (χ2v) is 6.99. The van der Waals surface area contributed by atoms with Gasteiger partial charge in [0.15, 0.2) is 0 Å². The zero-order valence-corrected chi connectivity index (χ0v) is 15.0. The van der Waals surface area contributed by atoms with Gasteiger partial charge >= 0.3 is 0 Å². The molecule has 0 amide bonds. The summed E-state index contributed by atoms with van der Waals surface area (Å²) in [7, 11) is 2.10. The first-order chi connectivity index (χ1) is 12.7. The van der Waals surface area contributed by atoms with E-state index in [1.807, 2.05) is 30.3 Å². The largest absolute Gasteiger partial charge is 0.303 e. The van der Waals surface area contributed by atoms with E-state index in [2.05, 4.69) is 51.4 Å². The minimum absolute atomic E-state index is 0.0178. The van der Waals surface area contributed by atoms with Gasteiger partial charge in [-0.2, -0.15) is 0 Å². The van der Waals surface area contributed by atoms with E-state index in [-0.39, 0.29) is 11.6 Å². The van der Waals surface area contributed by atoms with E-state index in [0.717, 1.165) is 32.7 Å². The molecular formula is C20H23N5O. The summed E-state index contributed by atoms with van der Waals surface area (Å²) in [6, 6.07) is 17.8. The second kappa shape index (κ2) is 7.35. The minimum Gasteiger partial charge on any atom is -0.303 e. The normalized spacial score (nSPS) is 19.5. The van der Waals surface area contributed by atoms with Gasteiger partial charge in [0.2, 0.25) is 0 Å². The lowest BCUT2D eigenvalue weighted by molar-refractivity contribution is 0.237. The summed E-state index contributed by atoms with van der Waals surface area (Å²) < 4.78 is 1.57. The third-order valence-electron chi connectivity index (χ3n) is 4.98. The Morgan fingerprint density at radius 3 is 2.62 bits per heavy atom. The van der Waals surface area contributed by atoms with Crippen molar-refractivity contribution in [3.05, 3.63) is 70.5 Å². The van der Waals surface area contributed by atoms with Crippen LogP contribution in [-0.4, -0.2) is 58.0 Å². The lowest BCUT2D eigenvalue weighted by Crippen LogP contribution is -2.38. The molecule has 1 saturated heterocycles. The fourth-order valence-electron chi connectivity index (χ4n) is 3.59. The fourth-order valence-corrected chi connectivity index (χ4v) is 3.59. The van der Waals surface area contributed by atoms with Gasteiger partial charge in [-0.3, -0.25) is 9.69 Å². The first-order valence-corrected chi connectivity index (χ1v) is 9.00. The Morgan fingerprint density at radius 2 is 1.77 bits per heavy atom. The Hall–Kier alpha value is -2.57. The van der Waals surface area contributed by atoms with Crippen molar-refractivity contribution in [2.75, 3.05) is 33.2 Å². The maximum atomic E-state index is 12.9. The highest BCUT2D eigenvalue weighted by Gasteiger charge is 2.24. The highest BCUT2D eigenvalue weighted by molar-refractivity contribution is 5.76. The van der Waals surface area contributed by atoms with Gasteiger partial charge in [0, 0.05) is 32.7 Å². The summed E-state index contributed by atoms with van der Waals surface area (Å²) in [5.74, 6) is 0. The molecule has 1 aliphatic heterocycles. The van der Waals surface area contributed by atoms with E-state index < -0.39 is 0 Å². The van der Waals surface area contributed by atoms with E-state index in [1.54, 1.807) is 4.68 Å². The molecule has 1 aliphatic rings. The topological polar surface area (TPSA) is 54.3 Å². The maximum absolute atomic E-state index is 12.9. The number of aromatic nitrogens is 3. The Kier molecular flexibility index (Phi) is 4.77. The summed E-state index contributed by atoms with van der Waals surface area (Å²) in [5, 5.41) is 9.14. The highest BCUT2D eigenvalue weighted by atomic mass is 16.1. The number of fused-ring (bicyclic) bond motifs is 1. The summed E-state index contributed by atoms with van der Waals surface area (Å²) in [5.41, 5.74) is 1.88. The molecule has 0 N–H and O–H groups in total. The summed E-state index contributed by atoms with van der Waals surface area (Å²) in [4.78, 5) is 17.6. The molecule has 1 atom stereocenters. The van der Waals surface area contributed by atoms with E-state index in [4.69, 9.17) is 0 Å². The van der Waals surface area contributed by atoms with Crippen molar-refractivity contribution in [3.63, 3.8) is 0 Å². The predicted molar refractivity (Wildman–Crippen MR) is 102 cm³/mol. The number of benzene rings is 2. The van der Waals surface area contributed by atoms with Gasteiger partial charge in [-0.15, -0.1) is 5.10 Å². The Balaban J connectivity index is 1.64. The van der Waals surface area contributed by atoms with E-state index >= 15 is 0 Å².